The zero-order chi connectivity index (χ0) is 16.8. The van der Waals surface area contributed by atoms with Crippen LogP contribution in [-0.2, 0) is 0 Å². The second-order valence-corrected chi connectivity index (χ2v) is 6.26. The number of hydrogen-bond donors (Lipinski definition) is 0. The molecule has 0 saturated heterocycles. The maximum absolute atomic E-state index is 14.3. The molecule has 0 unspecified atom stereocenters. The molecule has 0 N–H and O–H groups in total. The molecule has 1 fully saturated rings. The third kappa shape index (κ3) is 4.52. The van der Waals surface area contributed by atoms with Gasteiger partial charge in [-0.3, -0.25) is 0 Å². The number of allylic oxidation sites excluding steroid dienone is 1. The van der Waals surface area contributed by atoms with Gasteiger partial charge < -0.3 is 4.74 Å². The van der Waals surface area contributed by atoms with Crippen LogP contribution in [0.5, 0.6) is 5.75 Å². The first-order valence-corrected chi connectivity index (χ1v) is 8.55. The van der Waals surface area contributed by atoms with Gasteiger partial charge in [0.25, 0.3) is 0 Å². The fraction of sp³-hybridized carbons (Fsp3) is 0.579. The third-order valence-electron chi connectivity index (χ3n) is 4.57. The van der Waals surface area contributed by atoms with E-state index in [9.17, 15) is 13.2 Å². The predicted octanol–water partition coefficient (Wildman–Crippen LogP) is 6.28. The lowest BCUT2D eigenvalue weighted by Crippen LogP contribution is -2.13. The van der Waals surface area contributed by atoms with E-state index in [-0.39, 0.29) is 23.8 Å². The summed E-state index contributed by atoms with van der Waals surface area (Å²) in [5.41, 5.74) is -0.318. The Morgan fingerprint density at radius 3 is 2.43 bits per heavy atom. The SMILES string of the molecule is CCCC1CCC(/C=C(\F)c2ccc(OCC)c(F)c2F)CC1. The van der Waals surface area contributed by atoms with Gasteiger partial charge >= 0.3 is 0 Å². The standard InChI is InChI=1S/C19H25F3O/c1-3-5-13-6-8-14(9-7-13)12-16(20)15-10-11-17(23-4-2)19(22)18(15)21/h10-14H,3-9H2,1-2H3/b16-12-. The Morgan fingerprint density at radius 1 is 1.13 bits per heavy atom. The molecule has 1 aromatic rings. The van der Waals surface area contributed by atoms with Crippen LogP contribution in [0.2, 0.25) is 0 Å². The summed E-state index contributed by atoms with van der Waals surface area (Å²) in [4.78, 5) is 0. The molecule has 23 heavy (non-hydrogen) atoms. The van der Waals surface area contributed by atoms with Crippen LogP contribution < -0.4 is 4.74 Å². The van der Waals surface area contributed by atoms with Gasteiger partial charge in [0.15, 0.2) is 11.6 Å². The fourth-order valence-corrected chi connectivity index (χ4v) is 3.33. The number of halogens is 3. The van der Waals surface area contributed by atoms with Gasteiger partial charge in [-0.15, -0.1) is 0 Å². The molecule has 0 bridgehead atoms. The summed E-state index contributed by atoms with van der Waals surface area (Å²) in [6, 6.07) is 2.53. The van der Waals surface area contributed by atoms with Gasteiger partial charge in [-0.2, -0.15) is 4.39 Å². The topological polar surface area (TPSA) is 9.23 Å². The molecule has 1 nitrogen and oxygen atoms in total. The van der Waals surface area contributed by atoms with Crippen LogP contribution in [0.25, 0.3) is 5.83 Å². The third-order valence-corrected chi connectivity index (χ3v) is 4.57. The van der Waals surface area contributed by atoms with E-state index in [1.165, 1.54) is 31.1 Å². The lowest BCUT2D eigenvalue weighted by molar-refractivity contribution is 0.293. The molecule has 128 valence electrons. The van der Waals surface area contributed by atoms with Crippen LogP contribution >= 0.6 is 0 Å². The highest BCUT2D eigenvalue weighted by atomic mass is 19.2. The van der Waals surface area contributed by atoms with Crippen molar-refractivity contribution in [2.45, 2.75) is 52.4 Å². The van der Waals surface area contributed by atoms with Gasteiger partial charge in [-0.05, 0) is 62.7 Å². The van der Waals surface area contributed by atoms with Gasteiger partial charge in [0.05, 0.1) is 6.61 Å². The zero-order valence-electron chi connectivity index (χ0n) is 13.9. The van der Waals surface area contributed by atoms with E-state index >= 15 is 0 Å². The number of benzene rings is 1. The molecule has 1 aliphatic rings. The van der Waals surface area contributed by atoms with Gasteiger partial charge in [0.2, 0.25) is 5.82 Å². The van der Waals surface area contributed by atoms with Crippen molar-refractivity contribution < 1.29 is 17.9 Å². The second kappa shape index (κ2) is 8.42. The molecule has 1 aliphatic carbocycles. The van der Waals surface area contributed by atoms with Crippen molar-refractivity contribution >= 4 is 5.83 Å². The molecule has 0 aromatic heterocycles. The van der Waals surface area contributed by atoms with E-state index in [0.717, 1.165) is 31.6 Å². The van der Waals surface area contributed by atoms with Crippen molar-refractivity contribution in [1.29, 1.82) is 0 Å². The molecule has 4 heteroatoms. The van der Waals surface area contributed by atoms with Gasteiger partial charge in [-0.25, -0.2) is 8.78 Å². The molecule has 0 radical (unpaired) electrons. The van der Waals surface area contributed by atoms with Crippen LogP contribution in [0.1, 0.15) is 57.9 Å². The van der Waals surface area contributed by atoms with Crippen molar-refractivity contribution in [1.82, 2.24) is 0 Å². The van der Waals surface area contributed by atoms with Crippen molar-refractivity contribution in [2.75, 3.05) is 6.61 Å². The Bertz CT molecular complexity index is 546. The Kier molecular flexibility index (Phi) is 6.55. The Labute approximate surface area is 136 Å². The average Bonchev–Trinajstić information content (AvgIpc) is 2.54. The van der Waals surface area contributed by atoms with Crippen LogP contribution in [0, 0.1) is 23.5 Å². The fourth-order valence-electron chi connectivity index (χ4n) is 3.33. The largest absolute Gasteiger partial charge is 0.491 e. The molecule has 0 spiro atoms. The van der Waals surface area contributed by atoms with Crippen LogP contribution in [0.15, 0.2) is 18.2 Å². The number of ether oxygens (including phenoxy) is 1. The molecule has 1 aromatic carbocycles. The molecular formula is C19H25F3O. The van der Waals surface area contributed by atoms with Crippen LogP contribution in [0.4, 0.5) is 13.2 Å². The summed E-state index contributed by atoms with van der Waals surface area (Å²) in [6.45, 7) is 4.09. The van der Waals surface area contributed by atoms with E-state index in [2.05, 4.69) is 6.92 Å². The number of hydrogen-bond acceptors (Lipinski definition) is 1. The van der Waals surface area contributed by atoms with E-state index in [4.69, 9.17) is 4.74 Å². The highest BCUT2D eigenvalue weighted by molar-refractivity contribution is 5.61. The van der Waals surface area contributed by atoms with Gasteiger partial charge in [0.1, 0.15) is 5.83 Å². The lowest BCUT2D eigenvalue weighted by atomic mass is 9.80. The van der Waals surface area contributed by atoms with Crippen molar-refractivity contribution in [3.63, 3.8) is 0 Å². The quantitative estimate of drug-likeness (QED) is 0.597. The average molecular weight is 326 g/mol. The minimum Gasteiger partial charge on any atom is -0.491 e. The summed E-state index contributed by atoms with van der Waals surface area (Å²) >= 11 is 0. The normalized spacial score (nSPS) is 22.2. The summed E-state index contributed by atoms with van der Waals surface area (Å²) in [6.07, 6.45) is 7.86. The maximum Gasteiger partial charge on any atom is 0.201 e. The minimum absolute atomic E-state index is 0.108. The first-order chi connectivity index (χ1) is 11.1. The smallest absolute Gasteiger partial charge is 0.201 e. The lowest BCUT2D eigenvalue weighted by Gasteiger charge is -2.26. The Balaban J connectivity index is 2.08. The maximum atomic E-state index is 14.3. The Hall–Kier alpha value is -1.45. The monoisotopic (exact) mass is 326 g/mol. The number of rotatable bonds is 6. The summed E-state index contributed by atoms with van der Waals surface area (Å²) in [5.74, 6) is -2.32. The van der Waals surface area contributed by atoms with Crippen molar-refractivity contribution in [3.05, 3.63) is 35.4 Å². The van der Waals surface area contributed by atoms with Crippen molar-refractivity contribution in [2.24, 2.45) is 11.8 Å². The Morgan fingerprint density at radius 2 is 1.83 bits per heavy atom. The molecule has 0 heterocycles. The molecule has 0 aliphatic heterocycles. The van der Waals surface area contributed by atoms with E-state index in [1.54, 1.807) is 6.92 Å². The molecular weight excluding hydrogens is 301 g/mol. The van der Waals surface area contributed by atoms with E-state index in [1.807, 2.05) is 0 Å². The summed E-state index contributed by atoms with van der Waals surface area (Å²) < 4.78 is 47.2. The zero-order valence-corrected chi connectivity index (χ0v) is 13.9. The second-order valence-electron chi connectivity index (χ2n) is 6.26. The van der Waals surface area contributed by atoms with Crippen LogP contribution in [-0.4, -0.2) is 6.61 Å². The summed E-state index contributed by atoms with van der Waals surface area (Å²) in [5, 5.41) is 0. The first kappa shape index (κ1) is 17.9. The van der Waals surface area contributed by atoms with E-state index < -0.39 is 17.5 Å². The molecule has 2 rings (SSSR count). The van der Waals surface area contributed by atoms with Crippen molar-refractivity contribution in [3.8, 4) is 5.75 Å². The predicted molar refractivity (Wildman–Crippen MR) is 87.0 cm³/mol. The van der Waals surface area contributed by atoms with E-state index in [0.29, 0.717) is 0 Å². The molecule has 0 atom stereocenters. The summed E-state index contributed by atoms with van der Waals surface area (Å²) in [7, 11) is 0. The minimum atomic E-state index is -1.18. The highest BCUT2D eigenvalue weighted by Gasteiger charge is 2.22. The van der Waals surface area contributed by atoms with Gasteiger partial charge in [0, 0.05) is 5.56 Å². The molecule has 1 saturated carbocycles. The van der Waals surface area contributed by atoms with Gasteiger partial charge in [-0.1, -0.05) is 19.8 Å². The first-order valence-electron chi connectivity index (χ1n) is 8.55. The highest BCUT2D eigenvalue weighted by Crippen LogP contribution is 2.35. The van der Waals surface area contributed by atoms with Crippen LogP contribution in [0.3, 0.4) is 0 Å². The molecule has 0 amide bonds.